The van der Waals surface area contributed by atoms with Gasteiger partial charge in [-0.05, 0) is 46.2 Å². The second-order valence-electron chi connectivity index (χ2n) is 5.97. The van der Waals surface area contributed by atoms with Crippen molar-refractivity contribution in [2.24, 2.45) is 0 Å². The van der Waals surface area contributed by atoms with E-state index >= 15 is 0 Å². The monoisotopic (exact) mass is 319 g/mol. The molecule has 0 saturated carbocycles. The number of hydrogen-bond acceptors (Lipinski definition) is 3. The molecule has 2 rings (SSSR count). The Labute approximate surface area is 136 Å². The van der Waals surface area contributed by atoms with E-state index < -0.39 is 0 Å². The molecule has 0 radical (unpaired) electrons. The van der Waals surface area contributed by atoms with Crippen molar-refractivity contribution in [2.75, 3.05) is 7.05 Å². The first-order valence-corrected chi connectivity index (χ1v) is 8.59. The zero-order chi connectivity index (χ0) is 16.4. The summed E-state index contributed by atoms with van der Waals surface area (Å²) in [6.07, 6.45) is 0.953. The summed E-state index contributed by atoms with van der Waals surface area (Å²) in [6, 6.07) is 4.26. The first kappa shape index (κ1) is 16.7. The summed E-state index contributed by atoms with van der Waals surface area (Å²) in [5.74, 6) is 0.0341. The van der Waals surface area contributed by atoms with Gasteiger partial charge in [0.1, 0.15) is 5.69 Å². The molecule has 0 bridgehead atoms. The summed E-state index contributed by atoms with van der Waals surface area (Å²) in [6.45, 7) is 11.1. The number of carbonyl (C=O) groups excluding carboxylic acids is 1. The maximum absolute atomic E-state index is 12.7. The Kier molecular flexibility index (Phi) is 5.06. The van der Waals surface area contributed by atoms with Gasteiger partial charge >= 0.3 is 0 Å². The van der Waals surface area contributed by atoms with E-state index in [0.717, 1.165) is 24.2 Å². The van der Waals surface area contributed by atoms with Gasteiger partial charge < -0.3 is 4.90 Å². The maximum atomic E-state index is 12.7. The van der Waals surface area contributed by atoms with Crippen molar-refractivity contribution in [3.05, 3.63) is 27.6 Å². The minimum atomic E-state index is 0.0341. The lowest BCUT2D eigenvalue weighted by Crippen LogP contribution is -2.34. The van der Waals surface area contributed by atoms with Crippen LogP contribution in [0.2, 0.25) is 0 Å². The summed E-state index contributed by atoms with van der Waals surface area (Å²) in [7, 11) is 1.84. The highest BCUT2D eigenvalue weighted by atomic mass is 32.1. The largest absolute Gasteiger partial charge is 0.338 e. The van der Waals surface area contributed by atoms with Crippen molar-refractivity contribution in [3.8, 4) is 11.3 Å². The smallest absolute Gasteiger partial charge is 0.272 e. The highest BCUT2D eigenvalue weighted by Crippen LogP contribution is 2.30. The molecule has 0 atom stereocenters. The number of thiophene rings is 1. The Morgan fingerprint density at radius 2 is 2.05 bits per heavy atom. The van der Waals surface area contributed by atoms with E-state index in [0.29, 0.717) is 5.69 Å². The summed E-state index contributed by atoms with van der Waals surface area (Å²) in [4.78, 5) is 17.0. The van der Waals surface area contributed by atoms with E-state index in [1.807, 2.05) is 31.6 Å². The average molecular weight is 319 g/mol. The fraction of sp³-hybridized carbons (Fsp3) is 0.529. The van der Waals surface area contributed by atoms with Gasteiger partial charge in [0.05, 0.1) is 5.69 Å². The zero-order valence-electron chi connectivity index (χ0n) is 14.3. The van der Waals surface area contributed by atoms with Crippen LogP contribution in [0.15, 0.2) is 12.1 Å². The number of carbonyl (C=O) groups is 1. The van der Waals surface area contributed by atoms with Crippen LogP contribution in [0, 0.1) is 13.8 Å². The molecule has 0 aliphatic heterocycles. The van der Waals surface area contributed by atoms with E-state index in [4.69, 9.17) is 0 Å². The fourth-order valence-corrected chi connectivity index (χ4v) is 3.34. The third kappa shape index (κ3) is 3.24. The maximum Gasteiger partial charge on any atom is 0.272 e. The van der Waals surface area contributed by atoms with Crippen molar-refractivity contribution < 1.29 is 4.79 Å². The lowest BCUT2D eigenvalue weighted by molar-refractivity contribution is 0.0742. The second-order valence-corrected chi connectivity index (χ2v) is 7.44. The summed E-state index contributed by atoms with van der Waals surface area (Å²) < 4.78 is 1.85. The predicted molar refractivity (Wildman–Crippen MR) is 92.5 cm³/mol. The van der Waals surface area contributed by atoms with Crippen LogP contribution in [-0.2, 0) is 6.54 Å². The Bertz CT molecular complexity index is 669. The fourth-order valence-electron chi connectivity index (χ4n) is 2.40. The molecular weight excluding hydrogens is 294 g/mol. The van der Waals surface area contributed by atoms with Crippen LogP contribution in [0.25, 0.3) is 11.3 Å². The van der Waals surface area contributed by atoms with Crippen LogP contribution in [0.3, 0.4) is 0 Å². The van der Waals surface area contributed by atoms with E-state index in [1.54, 1.807) is 16.2 Å². The van der Waals surface area contributed by atoms with Crippen LogP contribution in [0.1, 0.15) is 47.4 Å². The SMILES string of the molecule is CCCn1nc(-c2cc(C)sc2C)cc1C(=O)N(C)C(C)C. The highest BCUT2D eigenvalue weighted by molar-refractivity contribution is 7.12. The summed E-state index contributed by atoms with van der Waals surface area (Å²) >= 11 is 1.77. The van der Waals surface area contributed by atoms with Crippen LogP contribution in [0.4, 0.5) is 0 Å². The van der Waals surface area contributed by atoms with E-state index in [1.165, 1.54) is 9.75 Å². The molecule has 0 saturated heterocycles. The molecule has 0 N–H and O–H groups in total. The summed E-state index contributed by atoms with van der Waals surface area (Å²) in [5, 5.41) is 4.68. The van der Waals surface area contributed by atoms with Gasteiger partial charge in [-0.3, -0.25) is 9.48 Å². The molecule has 0 unspecified atom stereocenters. The Morgan fingerprint density at radius 3 is 2.55 bits per heavy atom. The molecule has 2 aromatic heterocycles. The molecule has 5 heteroatoms. The van der Waals surface area contributed by atoms with Crippen molar-refractivity contribution >= 4 is 17.2 Å². The number of aromatic nitrogens is 2. The summed E-state index contributed by atoms with van der Waals surface area (Å²) in [5.41, 5.74) is 2.71. The molecule has 0 spiro atoms. The van der Waals surface area contributed by atoms with Crippen LogP contribution in [-0.4, -0.2) is 33.7 Å². The zero-order valence-corrected chi connectivity index (χ0v) is 15.1. The molecule has 120 valence electrons. The molecule has 2 heterocycles. The van der Waals surface area contributed by atoms with E-state index in [-0.39, 0.29) is 11.9 Å². The van der Waals surface area contributed by atoms with Crippen LogP contribution < -0.4 is 0 Å². The minimum absolute atomic E-state index is 0.0341. The third-order valence-electron chi connectivity index (χ3n) is 3.85. The molecule has 0 aromatic carbocycles. The number of rotatable bonds is 5. The van der Waals surface area contributed by atoms with Crippen molar-refractivity contribution in [3.63, 3.8) is 0 Å². The molecule has 0 aliphatic rings. The van der Waals surface area contributed by atoms with Crippen molar-refractivity contribution in [2.45, 2.75) is 53.6 Å². The predicted octanol–water partition coefficient (Wildman–Crippen LogP) is 4.12. The van der Waals surface area contributed by atoms with Gasteiger partial charge in [-0.15, -0.1) is 11.3 Å². The Morgan fingerprint density at radius 1 is 1.36 bits per heavy atom. The molecule has 22 heavy (non-hydrogen) atoms. The van der Waals surface area contributed by atoms with Gasteiger partial charge in [0.15, 0.2) is 0 Å². The van der Waals surface area contributed by atoms with Gasteiger partial charge in [-0.1, -0.05) is 6.92 Å². The van der Waals surface area contributed by atoms with E-state index in [2.05, 4.69) is 31.9 Å². The van der Waals surface area contributed by atoms with Gasteiger partial charge in [-0.2, -0.15) is 5.10 Å². The highest BCUT2D eigenvalue weighted by Gasteiger charge is 2.21. The molecule has 0 aliphatic carbocycles. The second kappa shape index (κ2) is 6.65. The average Bonchev–Trinajstić information content (AvgIpc) is 3.00. The molecule has 4 nitrogen and oxygen atoms in total. The normalized spacial score (nSPS) is 11.2. The lowest BCUT2D eigenvalue weighted by atomic mass is 10.1. The van der Waals surface area contributed by atoms with Gasteiger partial charge in [0, 0.05) is 35.0 Å². The third-order valence-corrected chi connectivity index (χ3v) is 4.81. The number of aryl methyl sites for hydroxylation is 3. The number of hydrogen-bond donors (Lipinski definition) is 0. The minimum Gasteiger partial charge on any atom is -0.338 e. The van der Waals surface area contributed by atoms with Crippen LogP contribution >= 0.6 is 11.3 Å². The van der Waals surface area contributed by atoms with Gasteiger partial charge in [0.2, 0.25) is 0 Å². The Balaban J connectivity index is 2.46. The van der Waals surface area contributed by atoms with Crippen molar-refractivity contribution in [1.29, 1.82) is 0 Å². The quantitative estimate of drug-likeness (QED) is 0.831. The number of nitrogens with zero attached hydrogens (tertiary/aromatic N) is 3. The first-order chi connectivity index (χ1) is 10.3. The van der Waals surface area contributed by atoms with Gasteiger partial charge in [0.25, 0.3) is 5.91 Å². The Hall–Kier alpha value is -1.62. The number of amides is 1. The van der Waals surface area contributed by atoms with E-state index in [9.17, 15) is 4.79 Å². The molecule has 0 fully saturated rings. The lowest BCUT2D eigenvalue weighted by Gasteiger charge is -2.21. The van der Waals surface area contributed by atoms with Gasteiger partial charge in [-0.25, -0.2) is 0 Å². The molecule has 2 aromatic rings. The first-order valence-electron chi connectivity index (χ1n) is 7.77. The topological polar surface area (TPSA) is 38.1 Å². The van der Waals surface area contributed by atoms with Crippen LogP contribution in [0.5, 0.6) is 0 Å². The standard InChI is InChI=1S/C17H25N3OS/c1-7-8-20-16(17(21)19(6)11(2)3)10-15(18-20)14-9-12(4)22-13(14)5/h9-11H,7-8H2,1-6H3. The molecule has 1 amide bonds. The molecular formula is C17H25N3OS. The van der Waals surface area contributed by atoms with Crippen molar-refractivity contribution in [1.82, 2.24) is 14.7 Å².